The van der Waals surface area contributed by atoms with Gasteiger partial charge in [-0.3, -0.25) is 4.40 Å². The molecule has 4 nitrogen and oxygen atoms in total. The van der Waals surface area contributed by atoms with Crippen molar-refractivity contribution in [2.75, 3.05) is 0 Å². The molecule has 0 spiro atoms. The number of imidazole rings is 1. The summed E-state index contributed by atoms with van der Waals surface area (Å²) in [6.45, 7) is 6.21. The van der Waals surface area contributed by atoms with Gasteiger partial charge in [-0.25, -0.2) is 4.98 Å². The fourth-order valence-corrected chi connectivity index (χ4v) is 2.64. The molecule has 0 bridgehead atoms. The Balaban J connectivity index is 2.13. The van der Waals surface area contributed by atoms with Crippen molar-refractivity contribution in [1.82, 2.24) is 9.38 Å². The predicted octanol–water partition coefficient (Wildman–Crippen LogP) is 6.49. The van der Waals surface area contributed by atoms with Crippen molar-refractivity contribution in [3.8, 4) is 0 Å². The fraction of sp³-hybridized carbons (Fsp3) is 0.235. The van der Waals surface area contributed by atoms with Gasteiger partial charge in [-0.15, -0.1) is 10.2 Å². The second-order valence-corrected chi connectivity index (χ2v) is 6.47. The van der Waals surface area contributed by atoms with Crippen LogP contribution in [0.15, 0.2) is 46.8 Å². The van der Waals surface area contributed by atoms with E-state index in [1.54, 1.807) is 18.2 Å². The number of benzene rings is 1. The molecule has 1 aromatic carbocycles. The molecule has 0 aliphatic rings. The van der Waals surface area contributed by atoms with Gasteiger partial charge < -0.3 is 0 Å². The first kappa shape index (κ1) is 16.0. The van der Waals surface area contributed by atoms with Crippen LogP contribution in [-0.2, 0) is 0 Å². The zero-order chi connectivity index (χ0) is 16.6. The van der Waals surface area contributed by atoms with Gasteiger partial charge in [-0.1, -0.05) is 43.1 Å². The molecule has 118 valence electrons. The topological polar surface area (TPSA) is 42.0 Å². The smallest absolute Gasteiger partial charge is 0.183 e. The molecular weight excluding hydrogens is 331 g/mol. The molecule has 0 radical (unpaired) electrons. The minimum Gasteiger partial charge on any atom is -0.283 e. The molecule has 6 heteroatoms. The largest absolute Gasteiger partial charge is 0.283 e. The van der Waals surface area contributed by atoms with Crippen molar-refractivity contribution in [3.63, 3.8) is 0 Å². The number of aryl methyl sites for hydroxylation is 1. The van der Waals surface area contributed by atoms with E-state index in [0.717, 1.165) is 16.9 Å². The Bertz CT molecular complexity index is 897. The monoisotopic (exact) mass is 346 g/mol. The molecule has 0 aliphatic carbocycles. The van der Waals surface area contributed by atoms with Gasteiger partial charge in [0.15, 0.2) is 5.82 Å². The highest BCUT2D eigenvalue weighted by Gasteiger charge is 2.15. The highest BCUT2D eigenvalue weighted by atomic mass is 35.5. The molecule has 0 aliphatic heterocycles. The molecular formula is C17H16Cl2N4. The third-order valence-corrected chi connectivity index (χ3v) is 4.32. The molecule has 0 unspecified atom stereocenters. The van der Waals surface area contributed by atoms with Gasteiger partial charge in [0.05, 0.1) is 15.7 Å². The van der Waals surface area contributed by atoms with Crippen molar-refractivity contribution in [1.29, 1.82) is 0 Å². The Hall–Kier alpha value is -1.91. The minimum absolute atomic E-state index is 0.235. The molecule has 0 saturated carbocycles. The quantitative estimate of drug-likeness (QED) is 0.499. The van der Waals surface area contributed by atoms with Gasteiger partial charge >= 0.3 is 0 Å². The summed E-state index contributed by atoms with van der Waals surface area (Å²) in [4.78, 5) is 4.68. The van der Waals surface area contributed by atoms with Gasteiger partial charge in [-0.2, -0.15) is 0 Å². The SMILES string of the molecule is Cc1ccn2c(N=Nc3cccc(Cl)c3Cl)c(C(C)C)nc2c1. The van der Waals surface area contributed by atoms with Crippen molar-refractivity contribution in [3.05, 3.63) is 57.8 Å². The van der Waals surface area contributed by atoms with Crippen LogP contribution in [0.1, 0.15) is 31.0 Å². The number of aromatic nitrogens is 2. The van der Waals surface area contributed by atoms with Crippen LogP contribution in [0.25, 0.3) is 5.65 Å². The van der Waals surface area contributed by atoms with Gasteiger partial charge in [0, 0.05) is 6.20 Å². The number of rotatable bonds is 3. The zero-order valence-corrected chi connectivity index (χ0v) is 14.6. The number of hydrogen-bond acceptors (Lipinski definition) is 3. The van der Waals surface area contributed by atoms with E-state index in [-0.39, 0.29) is 5.92 Å². The van der Waals surface area contributed by atoms with Crippen LogP contribution in [0, 0.1) is 6.92 Å². The highest BCUT2D eigenvalue weighted by Crippen LogP contribution is 2.34. The van der Waals surface area contributed by atoms with E-state index >= 15 is 0 Å². The van der Waals surface area contributed by atoms with E-state index in [2.05, 4.69) is 29.1 Å². The summed E-state index contributed by atoms with van der Waals surface area (Å²) in [5.74, 6) is 0.949. The summed E-state index contributed by atoms with van der Waals surface area (Å²) in [7, 11) is 0. The molecule has 3 aromatic rings. The fourth-order valence-electron chi connectivity index (χ4n) is 2.31. The van der Waals surface area contributed by atoms with Gasteiger partial charge in [-0.05, 0) is 42.7 Å². The minimum atomic E-state index is 0.235. The molecule has 0 fully saturated rings. The Kier molecular flexibility index (Phi) is 4.37. The lowest BCUT2D eigenvalue weighted by molar-refractivity contribution is 0.831. The summed E-state index contributed by atoms with van der Waals surface area (Å²) in [5, 5.41) is 9.53. The van der Waals surface area contributed by atoms with Crippen molar-refractivity contribution < 1.29 is 0 Å². The van der Waals surface area contributed by atoms with Gasteiger partial charge in [0.2, 0.25) is 0 Å². The third-order valence-electron chi connectivity index (χ3n) is 3.51. The lowest BCUT2D eigenvalue weighted by Crippen LogP contribution is -1.87. The van der Waals surface area contributed by atoms with E-state index in [1.165, 1.54) is 0 Å². The molecule has 0 N–H and O–H groups in total. The third kappa shape index (κ3) is 3.09. The first-order valence-electron chi connectivity index (χ1n) is 7.31. The van der Waals surface area contributed by atoms with E-state index in [9.17, 15) is 0 Å². The van der Waals surface area contributed by atoms with Crippen LogP contribution in [0.4, 0.5) is 11.5 Å². The Morgan fingerprint density at radius 3 is 2.65 bits per heavy atom. The van der Waals surface area contributed by atoms with Crippen molar-refractivity contribution in [2.45, 2.75) is 26.7 Å². The van der Waals surface area contributed by atoms with E-state index in [0.29, 0.717) is 21.6 Å². The maximum atomic E-state index is 6.17. The van der Waals surface area contributed by atoms with E-state index < -0.39 is 0 Å². The second kappa shape index (κ2) is 6.30. The van der Waals surface area contributed by atoms with Gasteiger partial charge in [0.25, 0.3) is 0 Å². The summed E-state index contributed by atoms with van der Waals surface area (Å²) in [5.41, 5.74) is 3.45. The lowest BCUT2D eigenvalue weighted by Gasteiger charge is -2.02. The molecule has 23 heavy (non-hydrogen) atoms. The Morgan fingerprint density at radius 2 is 1.91 bits per heavy atom. The molecule has 3 rings (SSSR count). The van der Waals surface area contributed by atoms with Crippen LogP contribution in [0.5, 0.6) is 0 Å². The van der Waals surface area contributed by atoms with Gasteiger partial charge in [0.1, 0.15) is 11.3 Å². The molecule has 0 saturated heterocycles. The van der Waals surface area contributed by atoms with Crippen molar-refractivity contribution >= 4 is 40.4 Å². The average molecular weight is 347 g/mol. The average Bonchev–Trinajstić information content (AvgIpc) is 2.86. The van der Waals surface area contributed by atoms with E-state index in [4.69, 9.17) is 23.2 Å². The Morgan fingerprint density at radius 1 is 1.13 bits per heavy atom. The predicted molar refractivity (Wildman–Crippen MR) is 94.7 cm³/mol. The molecule has 0 atom stereocenters. The number of hydrogen-bond donors (Lipinski definition) is 0. The molecule has 2 heterocycles. The number of pyridine rings is 1. The number of azo groups is 1. The van der Waals surface area contributed by atoms with Crippen LogP contribution in [-0.4, -0.2) is 9.38 Å². The van der Waals surface area contributed by atoms with Crippen molar-refractivity contribution in [2.24, 2.45) is 10.2 Å². The summed E-state index contributed by atoms with van der Waals surface area (Å²) in [6, 6.07) is 9.34. The molecule has 2 aromatic heterocycles. The van der Waals surface area contributed by atoms with Crippen LogP contribution < -0.4 is 0 Å². The van der Waals surface area contributed by atoms with Crippen LogP contribution in [0.3, 0.4) is 0 Å². The van der Waals surface area contributed by atoms with Crippen LogP contribution >= 0.6 is 23.2 Å². The number of fused-ring (bicyclic) bond motifs is 1. The molecule has 0 amide bonds. The summed E-state index contributed by atoms with van der Waals surface area (Å²) >= 11 is 12.2. The first-order chi connectivity index (χ1) is 11.0. The Labute approximate surface area is 144 Å². The normalized spacial score (nSPS) is 11.9. The maximum Gasteiger partial charge on any atom is 0.183 e. The lowest BCUT2D eigenvalue weighted by atomic mass is 10.1. The zero-order valence-electron chi connectivity index (χ0n) is 13.1. The summed E-state index contributed by atoms with van der Waals surface area (Å²) < 4.78 is 1.93. The van der Waals surface area contributed by atoms with Crippen LogP contribution in [0.2, 0.25) is 10.0 Å². The number of nitrogens with zero attached hydrogens (tertiary/aromatic N) is 4. The second-order valence-electron chi connectivity index (χ2n) is 5.68. The summed E-state index contributed by atoms with van der Waals surface area (Å²) in [6.07, 6.45) is 1.96. The first-order valence-corrected chi connectivity index (χ1v) is 8.07. The maximum absolute atomic E-state index is 6.17. The number of halogens is 2. The standard InChI is InChI=1S/C17H16Cl2N4/c1-10(2)16-17(23-8-7-11(3)9-14(23)20-16)22-21-13-6-4-5-12(18)15(13)19/h4-10H,1-3H3. The van der Waals surface area contributed by atoms with E-state index in [1.807, 2.05) is 29.7 Å². The highest BCUT2D eigenvalue weighted by molar-refractivity contribution is 6.43.